The molecule has 0 amide bonds. The first-order valence-electron chi connectivity index (χ1n) is 7.58. The molecule has 1 unspecified atom stereocenters. The minimum Gasteiger partial charge on any atom is -0.376 e. The first kappa shape index (κ1) is 19.2. The molecular weight excluding hydrogens is 396 g/mol. The van der Waals surface area contributed by atoms with E-state index in [1.54, 1.807) is 13.0 Å². The molecule has 0 saturated carbocycles. The van der Waals surface area contributed by atoms with Gasteiger partial charge in [-0.15, -0.1) is 24.0 Å². The maximum Gasteiger partial charge on any atom is 0.191 e. The number of halogens is 2. The number of nitrogens with one attached hydrogen (secondary N) is 2. The minimum atomic E-state index is -0.175. The highest BCUT2D eigenvalue weighted by Crippen LogP contribution is 2.11. The van der Waals surface area contributed by atoms with E-state index in [0.717, 1.165) is 44.1 Å². The van der Waals surface area contributed by atoms with Crippen molar-refractivity contribution < 1.29 is 9.13 Å². The van der Waals surface area contributed by atoms with Crippen LogP contribution in [0, 0.1) is 12.7 Å². The summed E-state index contributed by atoms with van der Waals surface area (Å²) in [5.41, 5.74) is 1.66. The van der Waals surface area contributed by atoms with Crippen LogP contribution in [0.4, 0.5) is 4.39 Å². The molecule has 1 aromatic carbocycles. The Hall–Kier alpha value is -0.890. The lowest BCUT2D eigenvalue weighted by molar-refractivity contribution is 0.114. The Balaban J connectivity index is 0.00000242. The first-order valence-corrected chi connectivity index (χ1v) is 7.58. The van der Waals surface area contributed by atoms with Crippen molar-refractivity contribution in [2.24, 2.45) is 4.99 Å². The summed E-state index contributed by atoms with van der Waals surface area (Å²) in [6, 6.07) is 5.10. The number of aliphatic imine (C=N–C) groups is 1. The standard InChI is InChI=1S/C16H24FN3O.HI/c1-3-18-16(20-11-14-5-4-8-21-14)19-10-13-6-7-15(17)12(2)9-13;/h6-7,9,14H,3-5,8,10-11H2,1-2H3,(H2,18,19,20);1H. The predicted octanol–water partition coefficient (Wildman–Crippen LogP) is 2.99. The van der Waals surface area contributed by atoms with Gasteiger partial charge in [-0.2, -0.15) is 0 Å². The summed E-state index contributed by atoms with van der Waals surface area (Å²) in [6.45, 7) is 6.76. The van der Waals surface area contributed by atoms with Crippen LogP contribution in [0.2, 0.25) is 0 Å². The Morgan fingerprint density at radius 3 is 2.86 bits per heavy atom. The molecule has 0 bridgehead atoms. The average Bonchev–Trinajstić information content (AvgIpc) is 2.99. The monoisotopic (exact) mass is 421 g/mol. The molecule has 0 aliphatic carbocycles. The third-order valence-electron chi connectivity index (χ3n) is 3.51. The average molecular weight is 421 g/mol. The molecule has 22 heavy (non-hydrogen) atoms. The summed E-state index contributed by atoms with van der Waals surface area (Å²) >= 11 is 0. The third-order valence-corrected chi connectivity index (χ3v) is 3.51. The first-order chi connectivity index (χ1) is 10.2. The molecule has 1 aliphatic rings. The van der Waals surface area contributed by atoms with E-state index >= 15 is 0 Å². The molecule has 1 heterocycles. The third kappa shape index (κ3) is 6.08. The van der Waals surface area contributed by atoms with E-state index in [-0.39, 0.29) is 35.9 Å². The van der Waals surface area contributed by atoms with E-state index in [2.05, 4.69) is 15.6 Å². The fraction of sp³-hybridized carbons (Fsp3) is 0.562. The maximum absolute atomic E-state index is 13.2. The van der Waals surface area contributed by atoms with Gasteiger partial charge in [-0.3, -0.25) is 0 Å². The van der Waals surface area contributed by atoms with Gasteiger partial charge in [0.1, 0.15) is 5.82 Å². The molecule has 4 nitrogen and oxygen atoms in total. The zero-order chi connectivity index (χ0) is 15.1. The van der Waals surface area contributed by atoms with Gasteiger partial charge in [-0.05, 0) is 43.9 Å². The van der Waals surface area contributed by atoms with E-state index in [1.807, 2.05) is 13.0 Å². The van der Waals surface area contributed by atoms with Crippen molar-refractivity contribution in [3.8, 4) is 0 Å². The van der Waals surface area contributed by atoms with Gasteiger partial charge >= 0.3 is 0 Å². The molecule has 1 fully saturated rings. The van der Waals surface area contributed by atoms with Crippen LogP contribution >= 0.6 is 24.0 Å². The van der Waals surface area contributed by atoms with Gasteiger partial charge in [-0.1, -0.05) is 12.1 Å². The quantitative estimate of drug-likeness (QED) is 0.437. The van der Waals surface area contributed by atoms with Crippen LogP contribution < -0.4 is 10.6 Å². The SMILES string of the molecule is CCNC(=NCc1ccc(F)c(C)c1)NCC1CCCO1.I. The largest absolute Gasteiger partial charge is 0.376 e. The summed E-state index contributed by atoms with van der Waals surface area (Å²) in [5.74, 6) is 0.598. The Labute approximate surface area is 148 Å². The topological polar surface area (TPSA) is 45.7 Å². The zero-order valence-electron chi connectivity index (χ0n) is 13.2. The van der Waals surface area contributed by atoms with Gasteiger partial charge in [0.2, 0.25) is 0 Å². The lowest BCUT2D eigenvalue weighted by atomic mass is 10.1. The fourth-order valence-corrected chi connectivity index (χ4v) is 2.33. The Morgan fingerprint density at radius 1 is 1.41 bits per heavy atom. The molecule has 1 saturated heterocycles. The summed E-state index contributed by atoms with van der Waals surface area (Å²) < 4.78 is 18.8. The van der Waals surface area contributed by atoms with Crippen molar-refractivity contribution in [1.29, 1.82) is 0 Å². The van der Waals surface area contributed by atoms with Crippen molar-refractivity contribution in [3.63, 3.8) is 0 Å². The number of hydrogen-bond donors (Lipinski definition) is 2. The van der Waals surface area contributed by atoms with Crippen molar-refractivity contribution in [2.75, 3.05) is 19.7 Å². The Bertz CT molecular complexity index is 490. The molecule has 0 spiro atoms. The summed E-state index contributed by atoms with van der Waals surface area (Å²) in [5, 5.41) is 6.51. The normalized spacial score (nSPS) is 18.0. The summed E-state index contributed by atoms with van der Waals surface area (Å²) in [4.78, 5) is 4.53. The predicted molar refractivity (Wildman–Crippen MR) is 98.3 cm³/mol. The Morgan fingerprint density at radius 2 is 2.23 bits per heavy atom. The molecule has 1 atom stereocenters. The number of rotatable bonds is 5. The van der Waals surface area contributed by atoms with E-state index < -0.39 is 0 Å². The van der Waals surface area contributed by atoms with E-state index in [9.17, 15) is 4.39 Å². The summed E-state index contributed by atoms with van der Waals surface area (Å²) in [7, 11) is 0. The molecule has 6 heteroatoms. The second-order valence-corrected chi connectivity index (χ2v) is 5.29. The van der Waals surface area contributed by atoms with Crippen molar-refractivity contribution >= 4 is 29.9 Å². The molecule has 1 aromatic rings. The van der Waals surface area contributed by atoms with Gasteiger partial charge in [-0.25, -0.2) is 9.38 Å². The maximum atomic E-state index is 13.2. The van der Waals surface area contributed by atoms with Crippen LogP contribution in [-0.2, 0) is 11.3 Å². The number of ether oxygens (including phenoxy) is 1. The van der Waals surface area contributed by atoms with Crippen molar-refractivity contribution in [2.45, 2.75) is 39.3 Å². The van der Waals surface area contributed by atoms with Crippen LogP contribution in [0.1, 0.15) is 30.9 Å². The second kappa shape index (κ2) is 9.99. The molecule has 0 aromatic heterocycles. The lowest BCUT2D eigenvalue weighted by Crippen LogP contribution is -2.41. The van der Waals surface area contributed by atoms with Crippen LogP contribution in [0.3, 0.4) is 0 Å². The van der Waals surface area contributed by atoms with Gasteiger partial charge in [0.05, 0.1) is 12.6 Å². The van der Waals surface area contributed by atoms with E-state index in [4.69, 9.17) is 4.74 Å². The highest BCUT2D eigenvalue weighted by atomic mass is 127. The number of benzene rings is 1. The fourth-order valence-electron chi connectivity index (χ4n) is 2.33. The van der Waals surface area contributed by atoms with Gasteiger partial charge in [0.25, 0.3) is 0 Å². The van der Waals surface area contributed by atoms with Crippen molar-refractivity contribution in [1.82, 2.24) is 10.6 Å². The zero-order valence-corrected chi connectivity index (χ0v) is 15.5. The number of hydrogen-bond acceptors (Lipinski definition) is 2. The second-order valence-electron chi connectivity index (χ2n) is 5.29. The van der Waals surface area contributed by atoms with E-state index in [0.29, 0.717) is 12.1 Å². The number of aryl methyl sites for hydroxylation is 1. The lowest BCUT2D eigenvalue weighted by Gasteiger charge is -2.14. The van der Waals surface area contributed by atoms with Gasteiger partial charge in [0, 0.05) is 19.7 Å². The molecule has 2 N–H and O–H groups in total. The van der Waals surface area contributed by atoms with Crippen LogP contribution in [0.15, 0.2) is 23.2 Å². The smallest absolute Gasteiger partial charge is 0.191 e. The van der Waals surface area contributed by atoms with Gasteiger partial charge in [0.15, 0.2) is 5.96 Å². The number of nitrogens with zero attached hydrogens (tertiary/aromatic N) is 1. The highest BCUT2D eigenvalue weighted by molar-refractivity contribution is 14.0. The highest BCUT2D eigenvalue weighted by Gasteiger charge is 2.15. The minimum absolute atomic E-state index is 0. The van der Waals surface area contributed by atoms with Gasteiger partial charge < -0.3 is 15.4 Å². The molecule has 124 valence electrons. The molecule has 1 aliphatic heterocycles. The molecule has 2 rings (SSSR count). The van der Waals surface area contributed by atoms with Crippen molar-refractivity contribution in [3.05, 3.63) is 35.1 Å². The van der Waals surface area contributed by atoms with Crippen LogP contribution in [0.5, 0.6) is 0 Å². The Kier molecular flexibility index (Phi) is 8.70. The molecule has 0 radical (unpaired) electrons. The summed E-state index contributed by atoms with van der Waals surface area (Å²) in [6.07, 6.45) is 2.51. The van der Waals surface area contributed by atoms with Crippen LogP contribution in [0.25, 0.3) is 0 Å². The van der Waals surface area contributed by atoms with Crippen LogP contribution in [-0.4, -0.2) is 31.8 Å². The van der Waals surface area contributed by atoms with E-state index in [1.165, 1.54) is 6.07 Å². The molecular formula is C16H25FIN3O. The number of guanidine groups is 1.